The van der Waals surface area contributed by atoms with Crippen LogP contribution in [0.2, 0.25) is 0 Å². The summed E-state index contributed by atoms with van der Waals surface area (Å²) in [5.74, 6) is 1.07. The molecule has 0 heterocycles. The number of hydrogen-bond acceptors (Lipinski definition) is 3. The predicted molar refractivity (Wildman–Crippen MR) is 66.4 cm³/mol. The molecule has 1 aromatic carbocycles. The lowest BCUT2D eigenvalue weighted by Gasteiger charge is -2.27. The average Bonchev–Trinajstić information content (AvgIpc) is 3.12. The van der Waals surface area contributed by atoms with Crippen molar-refractivity contribution in [3.63, 3.8) is 0 Å². The second-order valence-electron chi connectivity index (χ2n) is 4.25. The molecule has 0 spiro atoms. The molecule has 1 aliphatic carbocycles. The monoisotopic (exact) mass is 285 g/mol. The van der Waals surface area contributed by atoms with Crippen LogP contribution in [0.5, 0.6) is 5.75 Å². The fourth-order valence-electron chi connectivity index (χ4n) is 2.02. The smallest absolute Gasteiger partial charge is 0.133 e. The van der Waals surface area contributed by atoms with Gasteiger partial charge in [0.1, 0.15) is 11.4 Å². The zero-order valence-corrected chi connectivity index (χ0v) is 10.8. The summed E-state index contributed by atoms with van der Waals surface area (Å²) in [5, 5.41) is 10.5. The van der Waals surface area contributed by atoms with Gasteiger partial charge >= 0.3 is 0 Å². The van der Waals surface area contributed by atoms with Crippen molar-refractivity contribution >= 4 is 15.9 Å². The first-order valence-electron chi connectivity index (χ1n) is 5.38. The van der Waals surface area contributed by atoms with Crippen LogP contribution in [0.25, 0.3) is 0 Å². The SMILES string of the molecule is COc1ccc(C(O)(CN)C2CC2)cc1Br. The molecule has 0 aromatic heterocycles. The highest BCUT2D eigenvalue weighted by Crippen LogP contribution is 2.46. The Morgan fingerprint density at radius 1 is 1.56 bits per heavy atom. The minimum atomic E-state index is -0.880. The number of halogens is 1. The molecule has 2 rings (SSSR count). The number of rotatable bonds is 4. The Morgan fingerprint density at radius 3 is 2.69 bits per heavy atom. The van der Waals surface area contributed by atoms with Gasteiger partial charge in [-0.1, -0.05) is 6.07 Å². The van der Waals surface area contributed by atoms with Gasteiger partial charge in [0, 0.05) is 6.54 Å². The van der Waals surface area contributed by atoms with E-state index in [1.54, 1.807) is 7.11 Å². The van der Waals surface area contributed by atoms with E-state index in [9.17, 15) is 5.11 Å². The van der Waals surface area contributed by atoms with Gasteiger partial charge in [-0.05, 0) is 52.4 Å². The second-order valence-corrected chi connectivity index (χ2v) is 5.11. The Morgan fingerprint density at radius 2 is 2.25 bits per heavy atom. The summed E-state index contributed by atoms with van der Waals surface area (Å²) in [5.41, 5.74) is 5.69. The lowest BCUT2D eigenvalue weighted by atomic mass is 9.89. The molecule has 0 radical (unpaired) electrons. The van der Waals surface area contributed by atoms with Gasteiger partial charge in [-0.3, -0.25) is 0 Å². The van der Waals surface area contributed by atoms with E-state index >= 15 is 0 Å². The molecule has 0 saturated heterocycles. The van der Waals surface area contributed by atoms with Gasteiger partial charge in [-0.25, -0.2) is 0 Å². The van der Waals surface area contributed by atoms with E-state index in [0.717, 1.165) is 28.6 Å². The fraction of sp³-hybridized carbons (Fsp3) is 0.500. The number of methoxy groups -OCH3 is 1. The molecule has 4 heteroatoms. The number of hydrogen-bond donors (Lipinski definition) is 2. The number of ether oxygens (including phenoxy) is 1. The highest BCUT2D eigenvalue weighted by Gasteiger charge is 2.44. The third-order valence-corrected chi connectivity index (χ3v) is 3.84. The van der Waals surface area contributed by atoms with Crippen LogP contribution in [0.15, 0.2) is 22.7 Å². The maximum atomic E-state index is 10.5. The van der Waals surface area contributed by atoms with Crippen LogP contribution >= 0.6 is 15.9 Å². The minimum Gasteiger partial charge on any atom is -0.496 e. The molecule has 1 unspecified atom stereocenters. The van der Waals surface area contributed by atoms with Crippen molar-refractivity contribution in [1.82, 2.24) is 0 Å². The van der Waals surface area contributed by atoms with Crippen LogP contribution < -0.4 is 10.5 Å². The van der Waals surface area contributed by atoms with E-state index < -0.39 is 5.60 Å². The quantitative estimate of drug-likeness (QED) is 0.890. The lowest BCUT2D eigenvalue weighted by Crippen LogP contribution is -2.37. The van der Waals surface area contributed by atoms with Crippen molar-refractivity contribution in [2.24, 2.45) is 11.7 Å². The summed E-state index contributed by atoms with van der Waals surface area (Å²) in [6.45, 7) is 0.260. The fourth-order valence-corrected chi connectivity index (χ4v) is 2.56. The van der Waals surface area contributed by atoms with Crippen molar-refractivity contribution < 1.29 is 9.84 Å². The van der Waals surface area contributed by atoms with E-state index in [0.29, 0.717) is 5.92 Å². The van der Waals surface area contributed by atoms with Crippen molar-refractivity contribution in [1.29, 1.82) is 0 Å². The largest absolute Gasteiger partial charge is 0.496 e. The van der Waals surface area contributed by atoms with Crippen LogP contribution in [-0.2, 0) is 5.60 Å². The molecule has 0 amide bonds. The first-order valence-corrected chi connectivity index (χ1v) is 6.17. The zero-order chi connectivity index (χ0) is 11.8. The van der Waals surface area contributed by atoms with Gasteiger partial charge in [0.25, 0.3) is 0 Å². The Bertz CT molecular complexity index is 393. The molecule has 1 aliphatic rings. The molecule has 0 aliphatic heterocycles. The molecule has 1 fully saturated rings. The third-order valence-electron chi connectivity index (χ3n) is 3.22. The van der Waals surface area contributed by atoms with Crippen LogP contribution in [0.4, 0.5) is 0 Å². The topological polar surface area (TPSA) is 55.5 Å². The highest BCUT2D eigenvalue weighted by molar-refractivity contribution is 9.10. The van der Waals surface area contributed by atoms with E-state index in [1.807, 2.05) is 18.2 Å². The summed E-state index contributed by atoms with van der Waals surface area (Å²) < 4.78 is 6.01. The summed E-state index contributed by atoms with van der Waals surface area (Å²) >= 11 is 3.42. The first-order chi connectivity index (χ1) is 7.61. The highest BCUT2D eigenvalue weighted by atomic mass is 79.9. The Balaban J connectivity index is 2.35. The van der Waals surface area contributed by atoms with Crippen molar-refractivity contribution in [3.05, 3.63) is 28.2 Å². The molecule has 88 valence electrons. The normalized spacial score (nSPS) is 19.2. The average molecular weight is 286 g/mol. The molecule has 3 N–H and O–H groups in total. The number of nitrogens with two attached hydrogens (primary N) is 1. The predicted octanol–water partition coefficient (Wildman–Crippen LogP) is 2.01. The van der Waals surface area contributed by atoms with Crippen LogP contribution in [0.1, 0.15) is 18.4 Å². The standard InChI is InChI=1S/C12H16BrNO2/c1-16-11-5-4-9(6-10(11)13)12(15,7-14)8-2-3-8/h4-6,8,15H,2-3,7,14H2,1H3. The molecule has 1 aromatic rings. The van der Waals surface area contributed by atoms with E-state index in [-0.39, 0.29) is 6.54 Å². The first kappa shape index (κ1) is 11.9. The van der Waals surface area contributed by atoms with Gasteiger partial charge in [-0.2, -0.15) is 0 Å². The van der Waals surface area contributed by atoms with Gasteiger partial charge in [0.05, 0.1) is 11.6 Å². The molecular formula is C12H16BrNO2. The van der Waals surface area contributed by atoms with E-state index in [4.69, 9.17) is 10.5 Å². The number of aliphatic hydroxyl groups is 1. The maximum Gasteiger partial charge on any atom is 0.133 e. The maximum absolute atomic E-state index is 10.5. The summed E-state index contributed by atoms with van der Waals surface area (Å²) in [7, 11) is 1.62. The van der Waals surface area contributed by atoms with Gasteiger partial charge in [0.2, 0.25) is 0 Å². The third kappa shape index (κ3) is 1.97. The van der Waals surface area contributed by atoms with E-state index in [1.165, 1.54) is 0 Å². The Labute approximate surface area is 104 Å². The van der Waals surface area contributed by atoms with Gasteiger partial charge in [-0.15, -0.1) is 0 Å². The summed E-state index contributed by atoms with van der Waals surface area (Å²) in [6.07, 6.45) is 2.11. The number of benzene rings is 1. The van der Waals surface area contributed by atoms with Crippen molar-refractivity contribution in [2.45, 2.75) is 18.4 Å². The molecule has 1 saturated carbocycles. The zero-order valence-electron chi connectivity index (χ0n) is 9.24. The minimum absolute atomic E-state index is 0.260. The Kier molecular flexibility index (Phi) is 3.24. The second kappa shape index (κ2) is 4.35. The summed E-state index contributed by atoms with van der Waals surface area (Å²) in [6, 6.07) is 5.63. The molecule has 3 nitrogen and oxygen atoms in total. The van der Waals surface area contributed by atoms with Gasteiger partial charge in [0.15, 0.2) is 0 Å². The molecular weight excluding hydrogens is 270 g/mol. The molecule has 0 bridgehead atoms. The molecule has 16 heavy (non-hydrogen) atoms. The summed E-state index contributed by atoms with van der Waals surface area (Å²) in [4.78, 5) is 0. The van der Waals surface area contributed by atoms with Crippen molar-refractivity contribution in [3.8, 4) is 5.75 Å². The van der Waals surface area contributed by atoms with E-state index in [2.05, 4.69) is 15.9 Å². The van der Waals surface area contributed by atoms with Crippen LogP contribution in [-0.4, -0.2) is 18.8 Å². The van der Waals surface area contributed by atoms with Crippen LogP contribution in [0.3, 0.4) is 0 Å². The van der Waals surface area contributed by atoms with Crippen LogP contribution in [0, 0.1) is 5.92 Å². The lowest BCUT2D eigenvalue weighted by molar-refractivity contribution is 0.0221. The van der Waals surface area contributed by atoms with Crippen molar-refractivity contribution in [2.75, 3.05) is 13.7 Å². The molecule has 1 atom stereocenters. The Hall–Kier alpha value is -0.580. The van der Waals surface area contributed by atoms with Gasteiger partial charge < -0.3 is 15.6 Å².